The van der Waals surface area contributed by atoms with E-state index in [1.807, 2.05) is 24.3 Å². The minimum atomic E-state index is -0.802. The molecule has 9 nitrogen and oxygen atoms in total. The van der Waals surface area contributed by atoms with Crippen molar-refractivity contribution in [2.45, 2.75) is 6.54 Å². The van der Waals surface area contributed by atoms with Gasteiger partial charge in [-0.25, -0.2) is 9.69 Å². The van der Waals surface area contributed by atoms with Crippen LogP contribution in [0.4, 0.5) is 10.5 Å². The van der Waals surface area contributed by atoms with Gasteiger partial charge in [0.2, 0.25) is 5.91 Å². The van der Waals surface area contributed by atoms with Crippen LogP contribution in [0.25, 0.3) is 17.0 Å². The van der Waals surface area contributed by atoms with Crippen molar-refractivity contribution in [3.8, 4) is 0 Å². The molecule has 1 fully saturated rings. The molecule has 2 aromatic carbocycles. The molecule has 0 bridgehead atoms. The zero-order valence-corrected chi connectivity index (χ0v) is 17.9. The molecule has 2 heterocycles. The molecule has 3 aromatic rings. The highest BCUT2D eigenvalue weighted by molar-refractivity contribution is 6.39. The van der Waals surface area contributed by atoms with Gasteiger partial charge in [-0.05, 0) is 24.3 Å². The summed E-state index contributed by atoms with van der Waals surface area (Å²) >= 11 is 0. The summed E-state index contributed by atoms with van der Waals surface area (Å²) in [5.74, 6) is -1.69. The third-order valence-corrected chi connectivity index (χ3v) is 5.18. The van der Waals surface area contributed by atoms with E-state index < -0.39 is 17.8 Å². The molecular weight excluding hydrogens is 424 g/mol. The third-order valence-electron chi connectivity index (χ3n) is 5.18. The number of carbonyl (C=O) groups is 4. The fourth-order valence-electron chi connectivity index (χ4n) is 3.65. The topological polar surface area (TPSA) is 110 Å². The van der Waals surface area contributed by atoms with E-state index in [-0.39, 0.29) is 18.0 Å². The highest BCUT2D eigenvalue weighted by atomic mass is 16.5. The van der Waals surface area contributed by atoms with Gasteiger partial charge >= 0.3 is 6.03 Å². The van der Waals surface area contributed by atoms with Crippen molar-refractivity contribution in [2.24, 2.45) is 0 Å². The average Bonchev–Trinajstić information content (AvgIpc) is 3.14. The first-order valence-electron chi connectivity index (χ1n) is 10.3. The lowest BCUT2D eigenvalue weighted by Gasteiger charge is -2.26. The summed E-state index contributed by atoms with van der Waals surface area (Å²) in [4.78, 5) is 51.2. The number of benzene rings is 2. The average molecular weight is 446 g/mol. The lowest BCUT2D eigenvalue weighted by atomic mass is 10.1. The Labute approximate surface area is 189 Å². The van der Waals surface area contributed by atoms with Gasteiger partial charge in [0.15, 0.2) is 0 Å². The van der Waals surface area contributed by atoms with Crippen molar-refractivity contribution in [2.75, 3.05) is 25.2 Å². The number of methoxy groups -OCH3 is 1. The van der Waals surface area contributed by atoms with Crippen LogP contribution in [0.2, 0.25) is 0 Å². The zero-order valence-electron chi connectivity index (χ0n) is 17.9. The number of urea groups is 1. The maximum absolute atomic E-state index is 13.1. The second-order valence-corrected chi connectivity index (χ2v) is 7.37. The van der Waals surface area contributed by atoms with E-state index in [9.17, 15) is 19.2 Å². The number of amides is 5. The van der Waals surface area contributed by atoms with E-state index in [1.165, 1.54) is 6.08 Å². The summed E-state index contributed by atoms with van der Waals surface area (Å²) in [5, 5.41) is 5.75. The number of barbiturate groups is 1. The van der Waals surface area contributed by atoms with Crippen LogP contribution in [0.5, 0.6) is 0 Å². The molecule has 33 heavy (non-hydrogen) atoms. The Bertz CT molecular complexity index is 1260. The van der Waals surface area contributed by atoms with E-state index in [0.29, 0.717) is 24.4 Å². The first kappa shape index (κ1) is 22.0. The van der Waals surface area contributed by atoms with Crippen LogP contribution >= 0.6 is 0 Å². The molecule has 5 amide bonds. The Morgan fingerprint density at radius 1 is 1.06 bits per heavy atom. The Morgan fingerprint density at radius 2 is 1.79 bits per heavy atom. The Morgan fingerprint density at radius 3 is 2.55 bits per heavy atom. The van der Waals surface area contributed by atoms with Gasteiger partial charge in [-0.3, -0.25) is 19.7 Å². The molecule has 0 radical (unpaired) electrons. The molecule has 0 unspecified atom stereocenters. The van der Waals surface area contributed by atoms with Crippen LogP contribution in [0, 0.1) is 0 Å². The molecule has 1 saturated heterocycles. The lowest BCUT2D eigenvalue weighted by Crippen LogP contribution is -2.54. The number of nitrogens with zero attached hydrogens (tertiary/aromatic N) is 2. The van der Waals surface area contributed by atoms with Crippen molar-refractivity contribution in [3.05, 3.63) is 71.9 Å². The number of hydrogen-bond donors (Lipinski definition) is 2. The quantitative estimate of drug-likeness (QED) is 0.328. The number of carbonyl (C=O) groups excluding carboxylic acids is 4. The summed E-state index contributed by atoms with van der Waals surface area (Å²) in [6, 6.07) is 14.9. The van der Waals surface area contributed by atoms with Crippen molar-refractivity contribution in [3.63, 3.8) is 0 Å². The molecule has 0 atom stereocenters. The number of hydrogen-bond acceptors (Lipinski definition) is 5. The van der Waals surface area contributed by atoms with Crippen molar-refractivity contribution < 1.29 is 23.9 Å². The minimum Gasteiger partial charge on any atom is -0.383 e. The van der Waals surface area contributed by atoms with Crippen molar-refractivity contribution in [1.29, 1.82) is 0 Å². The molecule has 0 aliphatic carbocycles. The number of ether oxygens (including phenoxy) is 1. The fraction of sp³-hybridized carbons (Fsp3) is 0.167. The van der Waals surface area contributed by atoms with Crippen LogP contribution < -0.4 is 15.5 Å². The van der Waals surface area contributed by atoms with Crippen LogP contribution in [0.1, 0.15) is 5.56 Å². The standard InChI is InChI=1S/C24H22N4O5/c1-33-12-11-25-21(29)15-27-14-16(18-9-5-6-10-20(18)27)13-19-22(30)26-24(32)28(23(19)31)17-7-3-2-4-8-17/h2-10,13-14H,11-12,15H2,1H3,(H,25,29)(H,26,30,32). The summed E-state index contributed by atoms with van der Waals surface area (Å²) < 4.78 is 6.69. The monoisotopic (exact) mass is 446 g/mol. The molecule has 168 valence electrons. The van der Waals surface area contributed by atoms with E-state index in [2.05, 4.69) is 10.6 Å². The normalized spacial score (nSPS) is 15.2. The summed E-state index contributed by atoms with van der Waals surface area (Å²) in [6.45, 7) is 0.856. The second kappa shape index (κ2) is 9.49. The first-order chi connectivity index (χ1) is 16.0. The number of fused-ring (bicyclic) bond motifs is 1. The maximum Gasteiger partial charge on any atom is 0.335 e. The van der Waals surface area contributed by atoms with Crippen LogP contribution in [-0.2, 0) is 25.7 Å². The number of imide groups is 2. The molecule has 1 aliphatic rings. The number of nitrogens with one attached hydrogen (secondary N) is 2. The zero-order chi connectivity index (χ0) is 23.4. The molecule has 9 heteroatoms. The second-order valence-electron chi connectivity index (χ2n) is 7.37. The molecular formula is C24H22N4O5. The predicted molar refractivity (Wildman–Crippen MR) is 122 cm³/mol. The minimum absolute atomic E-state index is 0.0577. The first-order valence-corrected chi connectivity index (χ1v) is 10.3. The largest absolute Gasteiger partial charge is 0.383 e. The van der Waals surface area contributed by atoms with Gasteiger partial charge in [0.1, 0.15) is 12.1 Å². The van der Waals surface area contributed by atoms with Crippen molar-refractivity contribution in [1.82, 2.24) is 15.2 Å². The Hall–Kier alpha value is -4.24. The van der Waals surface area contributed by atoms with E-state index in [4.69, 9.17) is 4.74 Å². The van der Waals surface area contributed by atoms with E-state index in [1.54, 1.807) is 48.2 Å². The third kappa shape index (κ3) is 4.53. The van der Waals surface area contributed by atoms with Gasteiger partial charge < -0.3 is 14.6 Å². The number of para-hydroxylation sites is 2. The number of rotatable bonds is 7. The smallest absolute Gasteiger partial charge is 0.335 e. The van der Waals surface area contributed by atoms with Crippen molar-refractivity contribution >= 4 is 46.4 Å². The highest BCUT2D eigenvalue weighted by Crippen LogP contribution is 2.26. The lowest BCUT2D eigenvalue weighted by molar-refractivity contribution is -0.123. The van der Waals surface area contributed by atoms with Crippen LogP contribution in [0.15, 0.2) is 66.4 Å². The molecule has 4 rings (SSSR count). The summed E-state index contributed by atoms with van der Waals surface area (Å²) in [5.41, 5.74) is 1.53. The summed E-state index contributed by atoms with van der Waals surface area (Å²) in [7, 11) is 1.56. The Kier molecular flexibility index (Phi) is 6.32. The molecule has 0 saturated carbocycles. The van der Waals surface area contributed by atoms with Crippen LogP contribution in [0.3, 0.4) is 0 Å². The highest BCUT2D eigenvalue weighted by Gasteiger charge is 2.36. The number of anilines is 1. The molecule has 2 N–H and O–H groups in total. The molecule has 1 aromatic heterocycles. The Balaban J connectivity index is 1.69. The van der Waals surface area contributed by atoms with E-state index >= 15 is 0 Å². The number of aromatic nitrogens is 1. The van der Waals surface area contributed by atoms with Gasteiger partial charge in [0, 0.05) is 36.3 Å². The maximum atomic E-state index is 13.1. The van der Waals surface area contributed by atoms with Crippen LogP contribution in [-0.4, -0.2) is 48.6 Å². The van der Waals surface area contributed by atoms with E-state index in [0.717, 1.165) is 15.8 Å². The van der Waals surface area contributed by atoms with Gasteiger partial charge in [0.25, 0.3) is 11.8 Å². The summed E-state index contributed by atoms with van der Waals surface area (Å²) in [6.07, 6.45) is 3.15. The molecule has 1 aliphatic heterocycles. The van der Waals surface area contributed by atoms with Gasteiger partial charge in [-0.1, -0.05) is 36.4 Å². The van der Waals surface area contributed by atoms with Gasteiger partial charge in [-0.15, -0.1) is 0 Å². The van der Waals surface area contributed by atoms with Gasteiger partial charge in [-0.2, -0.15) is 0 Å². The fourth-order valence-corrected chi connectivity index (χ4v) is 3.65. The predicted octanol–water partition coefficient (Wildman–Crippen LogP) is 2.07. The van der Waals surface area contributed by atoms with Gasteiger partial charge in [0.05, 0.1) is 12.3 Å². The SMILES string of the molecule is COCCNC(=O)Cn1cc(C=C2C(=O)NC(=O)N(c3ccccc3)C2=O)c2ccccc21. The molecule has 0 spiro atoms.